The molecule has 0 fully saturated rings. The lowest BCUT2D eigenvalue weighted by Crippen LogP contribution is -2.44. The number of nitrogens with one attached hydrogen (secondary N) is 2. The molecular weight excluding hydrogens is 260 g/mol. The van der Waals surface area contributed by atoms with E-state index in [1.165, 1.54) is 5.56 Å². The Morgan fingerprint density at radius 2 is 1.89 bits per heavy atom. The fourth-order valence-electron chi connectivity index (χ4n) is 1.59. The molecule has 0 saturated heterocycles. The molecule has 0 heterocycles. The lowest BCUT2D eigenvalue weighted by molar-refractivity contribution is -0.122. The predicted molar refractivity (Wildman–Crippen MR) is 79.3 cm³/mol. The Labute approximate surface area is 118 Å². The van der Waals surface area contributed by atoms with Crippen molar-refractivity contribution in [3.05, 3.63) is 35.4 Å². The van der Waals surface area contributed by atoms with Gasteiger partial charge >= 0.3 is 0 Å². The Kier molecular flexibility index (Phi) is 6.42. The van der Waals surface area contributed by atoms with Crippen LogP contribution in [0.3, 0.4) is 0 Å². The van der Waals surface area contributed by atoms with Crippen LogP contribution in [0.5, 0.6) is 0 Å². The van der Waals surface area contributed by atoms with Crippen molar-refractivity contribution in [3.8, 4) is 0 Å². The summed E-state index contributed by atoms with van der Waals surface area (Å²) in [6.07, 6.45) is 2.04. The van der Waals surface area contributed by atoms with Gasteiger partial charge in [0.25, 0.3) is 5.91 Å². The maximum Gasteiger partial charge on any atom is 0.251 e. The zero-order valence-electron chi connectivity index (χ0n) is 11.5. The number of benzene rings is 1. The molecule has 5 heteroatoms. The minimum atomic E-state index is -0.529. The van der Waals surface area contributed by atoms with Crippen molar-refractivity contribution in [2.45, 2.75) is 25.6 Å². The van der Waals surface area contributed by atoms with Crippen molar-refractivity contribution in [2.24, 2.45) is 0 Å². The molecule has 1 atom stereocenters. The summed E-state index contributed by atoms with van der Waals surface area (Å²) >= 11 is 1.74. The summed E-state index contributed by atoms with van der Waals surface area (Å²) in [5, 5.41) is 5.35. The quantitative estimate of drug-likeness (QED) is 0.835. The topological polar surface area (TPSA) is 58.2 Å². The summed E-state index contributed by atoms with van der Waals surface area (Å²) in [6.45, 7) is 4.07. The third-order valence-electron chi connectivity index (χ3n) is 2.62. The largest absolute Gasteiger partial charge is 0.355 e. The molecule has 0 aliphatic carbocycles. The van der Waals surface area contributed by atoms with E-state index in [0.717, 1.165) is 5.75 Å². The van der Waals surface area contributed by atoms with E-state index in [0.29, 0.717) is 12.1 Å². The van der Waals surface area contributed by atoms with Crippen LogP contribution in [0.25, 0.3) is 0 Å². The van der Waals surface area contributed by atoms with Gasteiger partial charge < -0.3 is 10.6 Å². The van der Waals surface area contributed by atoms with Crippen molar-refractivity contribution in [1.29, 1.82) is 0 Å². The van der Waals surface area contributed by atoms with Gasteiger partial charge in [-0.1, -0.05) is 12.1 Å². The van der Waals surface area contributed by atoms with Crippen LogP contribution in [0, 0.1) is 0 Å². The van der Waals surface area contributed by atoms with E-state index in [1.807, 2.05) is 25.3 Å². The molecule has 1 rings (SSSR count). The van der Waals surface area contributed by atoms with Gasteiger partial charge in [-0.15, -0.1) is 0 Å². The lowest BCUT2D eigenvalue weighted by Gasteiger charge is -2.13. The summed E-state index contributed by atoms with van der Waals surface area (Å²) in [4.78, 5) is 23.5. The molecule has 19 heavy (non-hydrogen) atoms. The van der Waals surface area contributed by atoms with Crippen LogP contribution in [0.4, 0.5) is 0 Å². The molecule has 2 N–H and O–H groups in total. The Bertz CT molecular complexity index is 432. The van der Waals surface area contributed by atoms with Crippen molar-refractivity contribution in [2.75, 3.05) is 12.8 Å². The van der Waals surface area contributed by atoms with Gasteiger partial charge in [-0.05, 0) is 37.8 Å². The lowest BCUT2D eigenvalue weighted by atomic mass is 10.1. The molecule has 0 aliphatic rings. The maximum absolute atomic E-state index is 11.9. The minimum absolute atomic E-state index is 0.171. The summed E-state index contributed by atoms with van der Waals surface area (Å²) < 4.78 is 0. The normalized spacial score (nSPS) is 11.7. The van der Waals surface area contributed by atoms with Gasteiger partial charge in [0.15, 0.2) is 0 Å². The zero-order chi connectivity index (χ0) is 14.3. The number of carbonyl (C=O) groups is 2. The molecule has 0 saturated carbocycles. The summed E-state index contributed by atoms with van der Waals surface area (Å²) in [5.74, 6) is 0.529. The molecule has 0 aliphatic heterocycles. The van der Waals surface area contributed by atoms with Gasteiger partial charge in [0.1, 0.15) is 6.04 Å². The fraction of sp³-hybridized carbons (Fsp3) is 0.429. The molecule has 0 aromatic heterocycles. The van der Waals surface area contributed by atoms with E-state index in [-0.39, 0.29) is 11.8 Å². The second-order valence-corrected chi connectivity index (χ2v) is 5.09. The Morgan fingerprint density at radius 3 is 2.42 bits per heavy atom. The molecule has 104 valence electrons. The van der Waals surface area contributed by atoms with Gasteiger partial charge in [0.05, 0.1) is 0 Å². The Morgan fingerprint density at radius 1 is 1.26 bits per heavy atom. The van der Waals surface area contributed by atoms with E-state index < -0.39 is 6.04 Å². The van der Waals surface area contributed by atoms with E-state index >= 15 is 0 Å². The number of thioether (sulfide) groups is 1. The molecule has 0 spiro atoms. The number of likely N-dealkylation sites (N-methyl/N-ethyl adjacent to an activating group) is 1. The highest BCUT2D eigenvalue weighted by atomic mass is 32.2. The number of hydrogen-bond donors (Lipinski definition) is 2. The zero-order valence-corrected chi connectivity index (χ0v) is 12.3. The van der Waals surface area contributed by atoms with Gasteiger partial charge in [-0.25, -0.2) is 0 Å². The number of amides is 2. The van der Waals surface area contributed by atoms with Crippen LogP contribution in [0.2, 0.25) is 0 Å². The van der Waals surface area contributed by atoms with Gasteiger partial charge in [0, 0.05) is 17.9 Å². The third kappa shape index (κ3) is 4.95. The number of carbonyl (C=O) groups excluding carboxylic acids is 2. The smallest absolute Gasteiger partial charge is 0.251 e. The first-order chi connectivity index (χ1) is 9.08. The van der Waals surface area contributed by atoms with Crippen LogP contribution in [-0.2, 0) is 10.5 Å². The monoisotopic (exact) mass is 280 g/mol. The average molecular weight is 280 g/mol. The summed E-state index contributed by atoms with van der Waals surface area (Å²) in [7, 11) is 0. The molecule has 1 aromatic rings. The minimum Gasteiger partial charge on any atom is -0.355 e. The van der Waals surface area contributed by atoms with Crippen LogP contribution in [-0.4, -0.2) is 30.7 Å². The molecular formula is C14H20N2O2S. The van der Waals surface area contributed by atoms with E-state index in [2.05, 4.69) is 10.6 Å². The van der Waals surface area contributed by atoms with E-state index in [9.17, 15) is 9.59 Å². The standard InChI is InChI=1S/C14H20N2O2S/c1-4-15-13(17)10(2)16-14(18)12-7-5-11(6-8-12)9-19-3/h5-8,10H,4,9H2,1-3H3,(H,15,17)(H,16,18)/t10-/m1/s1. The van der Waals surface area contributed by atoms with Gasteiger partial charge in [-0.3, -0.25) is 9.59 Å². The highest BCUT2D eigenvalue weighted by Crippen LogP contribution is 2.10. The summed E-state index contributed by atoms with van der Waals surface area (Å²) in [5.41, 5.74) is 1.75. The Balaban J connectivity index is 2.60. The molecule has 0 unspecified atom stereocenters. The first kappa shape index (κ1) is 15.6. The molecule has 4 nitrogen and oxygen atoms in total. The van der Waals surface area contributed by atoms with Crippen molar-refractivity contribution >= 4 is 23.6 Å². The van der Waals surface area contributed by atoms with E-state index in [1.54, 1.807) is 30.8 Å². The fourth-order valence-corrected chi connectivity index (χ4v) is 2.12. The van der Waals surface area contributed by atoms with E-state index in [4.69, 9.17) is 0 Å². The molecule has 0 radical (unpaired) electrons. The SMILES string of the molecule is CCNC(=O)[C@@H](C)NC(=O)c1ccc(CSC)cc1. The molecule has 2 amide bonds. The second kappa shape index (κ2) is 7.84. The van der Waals surface area contributed by atoms with Crippen LogP contribution < -0.4 is 10.6 Å². The second-order valence-electron chi connectivity index (χ2n) is 4.22. The Hall–Kier alpha value is -1.49. The van der Waals surface area contributed by atoms with Crippen molar-refractivity contribution in [3.63, 3.8) is 0 Å². The number of rotatable bonds is 6. The summed E-state index contributed by atoms with van der Waals surface area (Å²) in [6, 6.07) is 6.90. The highest BCUT2D eigenvalue weighted by molar-refractivity contribution is 7.97. The third-order valence-corrected chi connectivity index (χ3v) is 3.24. The molecule has 1 aromatic carbocycles. The maximum atomic E-state index is 11.9. The van der Waals surface area contributed by atoms with Crippen molar-refractivity contribution in [1.82, 2.24) is 10.6 Å². The van der Waals surface area contributed by atoms with Crippen molar-refractivity contribution < 1.29 is 9.59 Å². The first-order valence-electron chi connectivity index (χ1n) is 6.25. The van der Waals surface area contributed by atoms with Crippen LogP contribution >= 0.6 is 11.8 Å². The highest BCUT2D eigenvalue weighted by Gasteiger charge is 2.15. The average Bonchev–Trinajstić information content (AvgIpc) is 2.40. The van der Waals surface area contributed by atoms with Crippen LogP contribution in [0.1, 0.15) is 29.8 Å². The first-order valence-corrected chi connectivity index (χ1v) is 7.64. The molecule has 0 bridgehead atoms. The predicted octanol–water partition coefficient (Wildman–Crippen LogP) is 1.80. The van der Waals surface area contributed by atoms with Gasteiger partial charge in [-0.2, -0.15) is 11.8 Å². The number of hydrogen-bond acceptors (Lipinski definition) is 3. The van der Waals surface area contributed by atoms with Crippen LogP contribution in [0.15, 0.2) is 24.3 Å². The van der Waals surface area contributed by atoms with Gasteiger partial charge in [0.2, 0.25) is 5.91 Å².